The lowest BCUT2D eigenvalue weighted by atomic mass is 9.86. The van der Waals surface area contributed by atoms with Crippen LogP contribution in [-0.4, -0.2) is 35.0 Å². The SMILES string of the molecule is CC1CCC(N(C)C(=O)c2ccc(C(=O)O)cc2F)CC1. The first-order valence-corrected chi connectivity index (χ1v) is 7.20. The van der Waals surface area contributed by atoms with E-state index in [0.717, 1.165) is 31.7 Å². The third-order valence-electron chi connectivity index (χ3n) is 4.30. The Kier molecular flexibility index (Phi) is 4.60. The molecule has 1 aromatic rings. The number of rotatable bonds is 3. The van der Waals surface area contributed by atoms with Crippen LogP contribution in [0.5, 0.6) is 0 Å². The number of aromatic carboxylic acids is 1. The van der Waals surface area contributed by atoms with Crippen LogP contribution in [0.3, 0.4) is 0 Å². The molecule has 0 aliphatic heterocycles. The van der Waals surface area contributed by atoms with Gasteiger partial charge < -0.3 is 10.0 Å². The number of carbonyl (C=O) groups is 2. The fourth-order valence-electron chi connectivity index (χ4n) is 2.81. The number of carboxylic acid groups (broad SMARTS) is 1. The van der Waals surface area contributed by atoms with Gasteiger partial charge in [0.1, 0.15) is 5.82 Å². The van der Waals surface area contributed by atoms with E-state index in [4.69, 9.17) is 5.11 Å². The number of carboxylic acids is 1. The van der Waals surface area contributed by atoms with Crippen molar-refractivity contribution in [2.75, 3.05) is 7.05 Å². The molecule has 0 atom stereocenters. The topological polar surface area (TPSA) is 57.6 Å². The molecule has 2 rings (SSSR count). The molecule has 0 heterocycles. The standard InChI is InChI=1S/C16H20FNO3/c1-10-3-6-12(7-4-10)18(2)15(19)13-8-5-11(16(20)21)9-14(13)17/h5,8-10,12H,3-4,6-7H2,1-2H3,(H,20,21). The van der Waals surface area contributed by atoms with Gasteiger partial charge in [-0.3, -0.25) is 4.79 Å². The van der Waals surface area contributed by atoms with Gasteiger partial charge in [-0.15, -0.1) is 0 Å². The summed E-state index contributed by atoms with van der Waals surface area (Å²) in [6.45, 7) is 2.20. The quantitative estimate of drug-likeness (QED) is 0.931. The minimum absolute atomic E-state index is 0.0684. The van der Waals surface area contributed by atoms with Crippen LogP contribution < -0.4 is 0 Å². The molecule has 21 heavy (non-hydrogen) atoms. The van der Waals surface area contributed by atoms with Crippen LogP contribution in [0.2, 0.25) is 0 Å². The summed E-state index contributed by atoms with van der Waals surface area (Å²) in [6.07, 6.45) is 4.00. The van der Waals surface area contributed by atoms with Crippen molar-refractivity contribution in [3.63, 3.8) is 0 Å². The first-order chi connectivity index (χ1) is 9.90. The fraction of sp³-hybridized carbons (Fsp3) is 0.500. The van der Waals surface area contributed by atoms with Crippen LogP contribution in [-0.2, 0) is 0 Å². The van der Waals surface area contributed by atoms with Crippen LogP contribution in [0.1, 0.15) is 53.3 Å². The molecule has 1 N–H and O–H groups in total. The van der Waals surface area contributed by atoms with Gasteiger partial charge in [-0.1, -0.05) is 6.92 Å². The molecule has 114 valence electrons. The summed E-state index contributed by atoms with van der Waals surface area (Å²) in [7, 11) is 1.69. The van der Waals surface area contributed by atoms with E-state index in [-0.39, 0.29) is 23.1 Å². The van der Waals surface area contributed by atoms with Gasteiger partial charge in [0.15, 0.2) is 0 Å². The minimum Gasteiger partial charge on any atom is -0.478 e. The Morgan fingerprint density at radius 3 is 2.38 bits per heavy atom. The van der Waals surface area contributed by atoms with Gasteiger partial charge in [0, 0.05) is 13.1 Å². The Morgan fingerprint density at radius 2 is 1.86 bits per heavy atom. The van der Waals surface area contributed by atoms with Crippen molar-refractivity contribution < 1.29 is 19.1 Å². The highest BCUT2D eigenvalue weighted by Gasteiger charge is 2.27. The highest BCUT2D eigenvalue weighted by Crippen LogP contribution is 2.27. The predicted molar refractivity (Wildman–Crippen MR) is 76.9 cm³/mol. The van der Waals surface area contributed by atoms with Gasteiger partial charge in [-0.05, 0) is 49.8 Å². The maximum atomic E-state index is 13.9. The van der Waals surface area contributed by atoms with Crippen molar-refractivity contribution in [2.45, 2.75) is 38.6 Å². The van der Waals surface area contributed by atoms with E-state index in [1.807, 2.05) is 0 Å². The zero-order valence-electron chi connectivity index (χ0n) is 12.3. The lowest BCUT2D eigenvalue weighted by Gasteiger charge is -2.33. The third kappa shape index (κ3) is 3.40. The monoisotopic (exact) mass is 293 g/mol. The van der Waals surface area contributed by atoms with Crippen molar-refractivity contribution >= 4 is 11.9 Å². The Labute approximate surface area is 123 Å². The molecule has 0 unspecified atom stereocenters. The summed E-state index contributed by atoms with van der Waals surface area (Å²) in [5.41, 5.74) is -0.223. The van der Waals surface area contributed by atoms with E-state index in [1.54, 1.807) is 11.9 Å². The van der Waals surface area contributed by atoms with Gasteiger partial charge in [-0.25, -0.2) is 9.18 Å². The van der Waals surface area contributed by atoms with Gasteiger partial charge in [-0.2, -0.15) is 0 Å². The molecule has 1 saturated carbocycles. The van der Waals surface area contributed by atoms with Crippen molar-refractivity contribution in [3.8, 4) is 0 Å². The normalized spacial score (nSPS) is 21.9. The van der Waals surface area contributed by atoms with Gasteiger partial charge >= 0.3 is 5.97 Å². The number of carbonyl (C=O) groups excluding carboxylic acids is 1. The van der Waals surface area contributed by atoms with E-state index < -0.39 is 11.8 Å². The van der Waals surface area contributed by atoms with E-state index in [1.165, 1.54) is 12.1 Å². The first kappa shape index (κ1) is 15.5. The highest BCUT2D eigenvalue weighted by atomic mass is 19.1. The molecule has 1 fully saturated rings. The molecule has 0 radical (unpaired) electrons. The Balaban J connectivity index is 2.14. The second kappa shape index (κ2) is 6.24. The summed E-state index contributed by atoms with van der Waals surface area (Å²) in [4.78, 5) is 24.7. The molecule has 0 spiro atoms. The molecule has 0 bridgehead atoms. The number of nitrogens with zero attached hydrogens (tertiary/aromatic N) is 1. The third-order valence-corrected chi connectivity index (χ3v) is 4.30. The first-order valence-electron chi connectivity index (χ1n) is 7.20. The van der Waals surface area contributed by atoms with Crippen molar-refractivity contribution in [1.82, 2.24) is 4.90 Å². The van der Waals surface area contributed by atoms with Crippen LogP contribution in [0, 0.1) is 11.7 Å². The van der Waals surface area contributed by atoms with Crippen molar-refractivity contribution in [1.29, 1.82) is 0 Å². The highest BCUT2D eigenvalue weighted by molar-refractivity contribution is 5.96. The van der Waals surface area contributed by atoms with E-state index in [0.29, 0.717) is 5.92 Å². The summed E-state index contributed by atoms with van der Waals surface area (Å²) in [5.74, 6) is -1.70. The van der Waals surface area contributed by atoms with Gasteiger partial charge in [0.05, 0.1) is 11.1 Å². The average Bonchev–Trinajstić information content (AvgIpc) is 2.46. The van der Waals surface area contributed by atoms with Crippen LogP contribution >= 0.6 is 0 Å². The molecule has 4 nitrogen and oxygen atoms in total. The second-order valence-electron chi connectivity index (χ2n) is 5.83. The summed E-state index contributed by atoms with van der Waals surface area (Å²) < 4.78 is 13.9. The molecule has 1 aliphatic carbocycles. The Bertz CT molecular complexity index is 550. The van der Waals surface area contributed by atoms with E-state index in [9.17, 15) is 14.0 Å². The lowest BCUT2D eigenvalue weighted by Crippen LogP contribution is -2.39. The summed E-state index contributed by atoms with van der Waals surface area (Å²) in [6, 6.07) is 3.54. The predicted octanol–water partition coefficient (Wildman–Crippen LogP) is 3.17. The molecular weight excluding hydrogens is 273 g/mol. The van der Waals surface area contributed by atoms with Crippen LogP contribution in [0.25, 0.3) is 0 Å². The zero-order valence-corrected chi connectivity index (χ0v) is 12.3. The zero-order chi connectivity index (χ0) is 15.6. The molecule has 0 saturated heterocycles. The van der Waals surface area contributed by atoms with Gasteiger partial charge in [0.25, 0.3) is 5.91 Å². The van der Waals surface area contributed by atoms with Crippen LogP contribution in [0.15, 0.2) is 18.2 Å². The number of hydrogen-bond acceptors (Lipinski definition) is 2. The number of hydrogen-bond donors (Lipinski definition) is 1. The lowest BCUT2D eigenvalue weighted by molar-refractivity contribution is 0.0667. The van der Waals surface area contributed by atoms with E-state index >= 15 is 0 Å². The number of amides is 1. The van der Waals surface area contributed by atoms with Crippen molar-refractivity contribution in [3.05, 3.63) is 35.1 Å². The van der Waals surface area contributed by atoms with Gasteiger partial charge in [0.2, 0.25) is 0 Å². The molecule has 0 aromatic heterocycles. The molecule has 5 heteroatoms. The second-order valence-corrected chi connectivity index (χ2v) is 5.83. The minimum atomic E-state index is -1.21. The molecule has 1 aromatic carbocycles. The van der Waals surface area contributed by atoms with Crippen molar-refractivity contribution in [2.24, 2.45) is 5.92 Å². The Morgan fingerprint density at radius 1 is 1.24 bits per heavy atom. The fourth-order valence-corrected chi connectivity index (χ4v) is 2.81. The molecular formula is C16H20FNO3. The van der Waals surface area contributed by atoms with Crippen LogP contribution in [0.4, 0.5) is 4.39 Å². The average molecular weight is 293 g/mol. The maximum absolute atomic E-state index is 13.9. The Hall–Kier alpha value is -1.91. The number of halogens is 1. The molecule has 1 amide bonds. The summed E-state index contributed by atoms with van der Waals surface area (Å²) in [5, 5.41) is 8.81. The smallest absolute Gasteiger partial charge is 0.335 e. The van der Waals surface area contributed by atoms with E-state index in [2.05, 4.69) is 6.92 Å². The maximum Gasteiger partial charge on any atom is 0.335 e. The number of benzene rings is 1. The summed E-state index contributed by atoms with van der Waals surface area (Å²) >= 11 is 0. The largest absolute Gasteiger partial charge is 0.478 e. The molecule has 1 aliphatic rings.